The quantitative estimate of drug-likeness (QED) is 0.308. The standard InChI is InChI=1S/C8H14O3.C5H8O4.2C3H9N.2ClH.Pt/c1-8(2,3)6(9)4-5-7(10)11;1-9-5(8)3-2-4(6)7;2*1-3(2)4;;;/h4-5H2,1-3H3,(H,10,11);2-3H2,1H3,(H,6,7);2*3H,4H2,1-2H3;2*1H;/q;;;;;;+4/p-2. The molecule has 0 amide bonds. The molecule has 31 heavy (non-hydrogen) atoms. The predicted octanol–water partition coefficient (Wildman–Crippen LogP) is 3.57. The number of ether oxygens (including phenoxy) is 1. The zero-order valence-electron chi connectivity index (χ0n) is 19.6. The fourth-order valence-electron chi connectivity index (χ4n) is 0.907. The zero-order chi connectivity index (χ0) is 26.2. The Labute approximate surface area is 202 Å². The molecule has 0 unspecified atom stereocenters. The molecule has 0 bridgehead atoms. The van der Waals surface area contributed by atoms with Crippen LogP contribution in [0.5, 0.6) is 0 Å². The molecule has 0 atom stereocenters. The van der Waals surface area contributed by atoms with E-state index in [-0.39, 0.29) is 31.5 Å². The molecular formula is C19H40Cl2N2O7Pt+2. The van der Waals surface area contributed by atoms with Crippen molar-refractivity contribution in [2.45, 2.75) is 86.2 Å². The van der Waals surface area contributed by atoms with E-state index in [0.717, 1.165) is 0 Å². The molecule has 190 valence electrons. The van der Waals surface area contributed by atoms with Gasteiger partial charge >= 0.3 is 53.2 Å². The molecule has 0 fully saturated rings. The Morgan fingerprint density at radius 2 is 1.10 bits per heavy atom. The van der Waals surface area contributed by atoms with Gasteiger partial charge in [-0.05, 0) is 12.1 Å². The minimum atomic E-state index is -0.986. The van der Waals surface area contributed by atoms with Crippen molar-refractivity contribution in [3.63, 3.8) is 0 Å². The topological polar surface area (TPSA) is 170 Å². The van der Waals surface area contributed by atoms with Crippen LogP contribution in [0.1, 0.15) is 74.1 Å². The number of carbonyl (C=O) groups excluding carboxylic acids is 2. The van der Waals surface area contributed by atoms with Gasteiger partial charge in [0.15, 0.2) is 0 Å². The number of nitrogens with two attached hydrogens (primary N) is 2. The fraction of sp³-hybridized carbons (Fsp3) is 0.789. The van der Waals surface area contributed by atoms with Crippen molar-refractivity contribution >= 4 is 42.5 Å². The van der Waals surface area contributed by atoms with Crippen LogP contribution in [0.2, 0.25) is 0 Å². The third-order valence-corrected chi connectivity index (χ3v) is 2.17. The summed E-state index contributed by atoms with van der Waals surface area (Å²) in [6.45, 7) is 13.1. The molecule has 0 aliphatic heterocycles. The van der Waals surface area contributed by atoms with Crippen molar-refractivity contribution in [2.75, 3.05) is 7.11 Å². The monoisotopic (exact) mass is 673 g/mol. The molecule has 0 saturated carbocycles. The van der Waals surface area contributed by atoms with Gasteiger partial charge in [0, 0.05) is 11.8 Å². The Bertz CT molecular complexity index is 461. The second-order valence-corrected chi connectivity index (χ2v) is 10.9. The Balaban J connectivity index is -0.000000100. The molecule has 0 saturated heterocycles. The average Bonchev–Trinajstić information content (AvgIpc) is 2.56. The number of ketones is 1. The van der Waals surface area contributed by atoms with Crippen molar-refractivity contribution in [3.8, 4) is 0 Å². The van der Waals surface area contributed by atoms with Gasteiger partial charge in [-0.15, -0.1) is 0 Å². The first kappa shape index (κ1) is 40.6. The van der Waals surface area contributed by atoms with Crippen LogP contribution < -0.4 is 11.5 Å². The number of methoxy groups -OCH3 is 1. The van der Waals surface area contributed by atoms with Crippen LogP contribution >= 0.6 is 18.8 Å². The van der Waals surface area contributed by atoms with E-state index in [1.165, 1.54) is 7.11 Å². The number of Topliss-reactive ketones (excluding diaryl/α,β-unsaturated/α-hetero) is 1. The third-order valence-electron chi connectivity index (χ3n) is 2.17. The van der Waals surface area contributed by atoms with Gasteiger partial charge in [-0.25, -0.2) is 0 Å². The van der Waals surface area contributed by atoms with E-state index in [4.69, 9.17) is 40.5 Å². The number of halogens is 2. The summed E-state index contributed by atoms with van der Waals surface area (Å²) in [5.41, 5.74) is 9.81. The van der Waals surface area contributed by atoms with Gasteiger partial charge < -0.3 is 26.4 Å². The van der Waals surface area contributed by atoms with E-state index in [0.29, 0.717) is 12.1 Å². The van der Waals surface area contributed by atoms with E-state index in [1.807, 2.05) is 27.7 Å². The summed E-state index contributed by atoms with van der Waals surface area (Å²) >= 11 is -0.472. The second kappa shape index (κ2) is 27.3. The molecule has 0 aromatic rings. The Kier molecular flexibility index (Phi) is 35.8. The average molecular weight is 675 g/mol. The number of hydrogen-bond acceptors (Lipinski definition) is 7. The normalized spacial score (nSPS) is 9.48. The molecule has 0 rings (SSSR count). The van der Waals surface area contributed by atoms with E-state index >= 15 is 0 Å². The molecule has 12 heteroatoms. The number of carbonyl (C=O) groups is 4. The summed E-state index contributed by atoms with van der Waals surface area (Å²) < 4.78 is 4.20. The number of carboxylic acid groups (broad SMARTS) is 2. The molecular weight excluding hydrogens is 634 g/mol. The van der Waals surface area contributed by atoms with Gasteiger partial charge in [-0.3, -0.25) is 19.2 Å². The first-order valence-electron chi connectivity index (χ1n) is 9.26. The summed E-state index contributed by atoms with van der Waals surface area (Å²) in [5.74, 6) is -2.39. The summed E-state index contributed by atoms with van der Waals surface area (Å²) in [6, 6.07) is 0.667. The third kappa shape index (κ3) is 73.0. The van der Waals surface area contributed by atoms with Crippen molar-refractivity contribution in [1.29, 1.82) is 0 Å². The summed E-state index contributed by atoms with van der Waals surface area (Å²) in [7, 11) is 11.0. The molecule has 9 nitrogen and oxygen atoms in total. The number of aliphatic carboxylic acids is 2. The summed E-state index contributed by atoms with van der Waals surface area (Å²) in [6.07, 6.45) is -0.132. The van der Waals surface area contributed by atoms with Gasteiger partial charge in [0.05, 0.1) is 26.4 Å². The zero-order valence-corrected chi connectivity index (χ0v) is 23.4. The van der Waals surface area contributed by atoms with E-state index in [2.05, 4.69) is 4.74 Å². The number of carboxylic acids is 2. The number of hydrogen-bond donors (Lipinski definition) is 4. The van der Waals surface area contributed by atoms with Gasteiger partial charge in [-0.2, -0.15) is 0 Å². The van der Waals surface area contributed by atoms with Crippen molar-refractivity contribution in [3.05, 3.63) is 0 Å². The molecule has 6 N–H and O–H groups in total. The van der Waals surface area contributed by atoms with Crippen molar-refractivity contribution < 1.29 is 50.6 Å². The van der Waals surface area contributed by atoms with Crippen LogP contribution in [0.15, 0.2) is 0 Å². The van der Waals surface area contributed by atoms with E-state index < -0.39 is 39.8 Å². The Morgan fingerprint density at radius 3 is 1.29 bits per heavy atom. The second-order valence-electron chi connectivity index (χ2n) is 7.57. The van der Waals surface area contributed by atoms with Gasteiger partial charge in [0.1, 0.15) is 5.78 Å². The molecule has 0 aromatic heterocycles. The van der Waals surface area contributed by atoms with Crippen LogP contribution in [0.25, 0.3) is 0 Å². The van der Waals surface area contributed by atoms with Gasteiger partial charge in [0.2, 0.25) is 0 Å². The van der Waals surface area contributed by atoms with Crippen molar-refractivity contribution in [1.82, 2.24) is 0 Å². The fourth-order valence-corrected chi connectivity index (χ4v) is 0.907. The Morgan fingerprint density at radius 1 is 0.839 bits per heavy atom. The predicted molar refractivity (Wildman–Crippen MR) is 121 cm³/mol. The van der Waals surface area contributed by atoms with E-state index in [1.54, 1.807) is 20.8 Å². The SMILES string of the molecule is CC(C)(C)C(=O)CCC(=O)O.CC(C)N.CC(C)N.COC(=O)CCC(=O)O.[Cl][Pt+2][Cl]. The maximum atomic E-state index is 11.1. The maximum absolute atomic E-state index is 11.1. The van der Waals surface area contributed by atoms with Crippen LogP contribution in [-0.4, -0.2) is 53.1 Å². The van der Waals surface area contributed by atoms with Crippen molar-refractivity contribution in [2.24, 2.45) is 16.9 Å². The van der Waals surface area contributed by atoms with Crippen LogP contribution in [0.3, 0.4) is 0 Å². The van der Waals surface area contributed by atoms with Crippen LogP contribution in [0.4, 0.5) is 0 Å². The molecule has 0 aliphatic rings. The molecule has 0 radical (unpaired) electrons. The molecule has 0 aliphatic carbocycles. The number of esters is 1. The first-order chi connectivity index (χ1) is 13.9. The minimum absolute atomic E-state index is 0.0000926. The van der Waals surface area contributed by atoms with Crippen LogP contribution in [-0.2, 0) is 40.4 Å². The molecule has 0 heterocycles. The number of rotatable bonds is 6. The summed E-state index contributed by atoms with van der Waals surface area (Å²) in [4.78, 5) is 41.2. The molecule has 0 aromatic carbocycles. The first-order valence-corrected chi connectivity index (χ1v) is 14.9. The van der Waals surface area contributed by atoms with E-state index in [9.17, 15) is 19.2 Å². The van der Waals surface area contributed by atoms with Gasteiger partial charge in [-0.1, -0.05) is 48.5 Å². The van der Waals surface area contributed by atoms with Crippen LogP contribution in [0, 0.1) is 5.41 Å². The summed E-state index contributed by atoms with van der Waals surface area (Å²) in [5, 5.41) is 16.3. The molecule has 0 spiro atoms. The Hall–Kier alpha value is -0.732. The van der Waals surface area contributed by atoms with Gasteiger partial charge in [0.25, 0.3) is 0 Å².